The first kappa shape index (κ1) is 20.4. The topological polar surface area (TPSA) is 68.5 Å². The zero-order valence-corrected chi connectivity index (χ0v) is 17.6. The van der Waals surface area contributed by atoms with Gasteiger partial charge in [-0.05, 0) is 42.4 Å². The van der Waals surface area contributed by atoms with Crippen molar-refractivity contribution in [2.45, 2.75) is 49.5 Å². The molecule has 0 bridgehead atoms. The molecule has 0 spiro atoms. The summed E-state index contributed by atoms with van der Waals surface area (Å²) < 4.78 is 31.8. The monoisotopic (exact) mass is 427 g/mol. The van der Waals surface area contributed by atoms with Crippen molar-refractivity contribution in [3.05, 3.63) is 47.7 Å². The van der Waals surface area contributed by atoms with E-state index in [0.29, 0.717) is 24.8 Å². The molecule has 0 amide bonds. The standard InChI is InChI=1S/C24H27F2N3O2/c1-31-22(30)20-10-16(12-28-21(20)27)15-2-4-17(5-3-15)23-11-18(23)13-29(14-23)19-6-8-24(25,26)9-7-19/h2-5,10,12,18-19H,6-9,11,13-14H2,1H3,(H2,27,28)/t18-,23+/m0/s1. The number of halogens is 2. The number of benzene rings is 1. The van der Waals surface area contributed by atoms with Crippen molar-refractivity contribution in [3.63, 3.8) is 0 Å². The molecule has 2 N–H and O–H groups in total. The second-order valence-corrected chi connectivity index (χ2v) is 9.30. The number of methoxy groups -OCH3 is 1. The summed E-state index contributed by atoms with van der Waals surface area (Å²) in [6, 6.07) is 10.4. The lowest BCUT2D eigenvalue weighted by molar-refractivity contribution is -0.0526. The zero-order valence-electron chi connectivity index (χ0n) is 17.6. The van der Waals surface area contributed by atoms with Crippen molar-refractivity contribution in [2.24, 2.45) is 5.92 Å². The van der Waals surface area contributed by atoms with Gasteiger partial charge in [0.25, 0.3) is 0 Å². The predicted octanol–water partition coefficient (Wildman–Crippen LogP) is 4.27. The number of anilines is 1. The molecule has 164 valence electrons. The Bertz CT molecular complexity index is 1000. The van der Waals surface area contributed by atoms with Crippen LogP contribution in [0.25, 0.3) is 11.1 Å². The molecule has 2 aromatic rings. The van der Waals surface area contributed by atoms with Crippen LogP contribution in [-0.4, -0.2) is 48.0 Å². The van der Waals surface area contributed by atoms with Crippen LogP contribution in [0.2, 0.25) is 0 Å². The van der Waals surface area contributed by atoms with Crippen molar-refractivity contribution in [1.82, 2.24) is 9.88 Å². The van der Waals surface area contributed by atoms with Crippen LogP contribution in [0.15, 0.2) is 36.5 Å². The third-order valence-electron chi connectivity index (χ3n) is 7.49. The number of fused-ring (bicyclic) bond motifs is 1. The number of pyridine rings is 1. The number of piperidine rings is 1. The van der Waals surface area contributed by atoms with E-state index >= 15 is 0 Å². The first-order chi connectivity index (χ1) is 14.8. The van der Waals surface area contributed by atoms with Gasteiger partial charge in [0.1, 0.15) is 11.4 Å². The Morgan fingerprint density at radius 3 is 2.58 bits per heavy atom. The first-order valence-electron chi connectivity index (χ1n) is 10.9. The maximum absolute atomic E-state index is 13.5. The number of alkyl halides is 2. The zero-order chi connectivity index (χ0) is 21.8. The minimum Gasteiger partial charge on any atom is -0.465 e. The van der Waals surface area contributed by atoms with Crippen LogP contribution in [0.1, 0.15) is 48.0 Å². The van der Waals surface area contributed by atoms with E-state index in [9.17, 15) is 13.6 Å². The molecular formula is C24H27F2N3O2. The quantitative estimate of drug-likeness (QED) is 0.738. The van der Waals surface area contributed by atoms with Crippen LogP contribution in [-0.2, 0) is 10.2 Å². The molecule has 5 rings (SSSR count). The van der Waals surface area contributed by atoms with Gasteiger partial charge >= 0.3 is 5.97 Å². The fourth-order valence-electron chi connectivity index (χ4n) is 5.54. The highest BCUT2D eigenvalue weighted by molar-refractivity contribution is 5.95. The van der Waals surface area contributed by atoms with E-state index in [0.717, 1.165) is 24.2 Å². The summed E-state index contributed by atoms with van der Waals surface area (Å²) in [7, 11) is 1.32. The van der Waals surface area contributed by atoms with E-state index < -0.39 is 11.9 Å². The molecule has 1 saturated heterocycles. The molecule has 1 aliphatic heterocycles. The highest BCUT2D eigenvalue weighted by atomic mass is 19.3. The Labute approximate surface area is 180 Å². The maximum Gasteiger partial charge on any atom is 0.341 e. The van der Waals surface area contributed by atoms with E-state index in [2.05, 4.69) is 34.1 Å². The van der Waals surface area contributed by atoms with Gasteiger partial charge in [0.05, 0.1) is 7.11 Å². The minimum absolute atomic E-state index is 0.0176. The Balaban J connectivity index is 1.31. The molecule has 7 heteroatoms. The molecule has 1 aromatic carbocycles. The number of ether oxygens (including phenoxy) is 1. The lowest BCUT2D eigenvalue weighted by atomic mass is 9.90. The van der Waals surface area contributed by atoms with Gasteiger partial charge < -0.3 is 10.5 Å². The number of hydrogen-bond donors (Lipinski definition) is 1. The Hall–Kier alpha value is -2.54. The first-order valence-corrected chi connectivity index (χ1v) is 10.9. The molecular weight excluding hydrogens is 400 g/mol. The largest absolute Gasteiger partial charge is 0.465 e. The fourth-order valence-corrected chi connectivity index (χ4v) is 5.54. The third kappa shape index (κ3) is 3.59. The summed E-state index contributed by atoms with van der Waals surface area (Å²) in [5, 5.41) is 0. The van der Waals surface area contributed by atoms with Gasteiger partial charge in [-0.2, -0.15) is 0 Å². The molecule has 2 saturated carbocycles. The highest BCUT2D eigenvalue weighted by Crippen LogP contribution is 2.60. The van der Waals surface area contributed by atoms with E-state index in [-0.39, 0.29) is 29.6 Å². The maximum atomic E-state index is 13.5. The van der Waals surface area contributed by atoms with Crippen LogP contribution in [0.5, 0.6) is 0 Å². The number of nitrogens with zero attached hydrogens (tertiary/aromatic N) is 2. The highest BCUT2D eigenvalue weighted by Gasteiger charge is 2.61. The predicted molar refractivity (Wildman–Crippen MR) is 114 cm³/mol. The minimum atomic E-state index is -2.47. The van der Waals surface area contributed by atoms with Gasteiger partial charge in [0.2, 0.25) is 5.92 Å². The van der Waals surface area contributed by atoms with Gasteiger partial charge in [-0.3, -0.25) is 4.90 Å². The number of likely N-dealkylation sites (tertiary alicyclic amines) is 1. The van der Waals surface area contributed by atoms with Crippen LogP contribution >= 0.6 is 0 Å². The molecule has 31 heavy (non-hydrogen) atoms. The van der Waals surface area contributed by atoms with Gasteiger partial charge in [-0.25, -0.2) is 18.6 Å². The van der Waals surface area contributed by atoms with Crippen LogP contribution < -0.4 is 5.73 Å². The summed E-state index contributed by atoms with van der Waals surface area (Å²) in [4.78, 5) is 18.5. The molecule has 0 unspecified atom stereocenters. The van der Waals surface area contributed by atoms with Crippen molar-refractivity contribution < 1.29 is 18.3 Å². The number of aromatic nitrogens is 1. The van der Waals surface area contributed by atoms with Crippen LogP contribution in [0, 0.1) is 5.92 Å². The molecule has 2 aliphatic carbocycles. The number of esters is 1. The van der Waals surface area contributed by atoms with E-state index in [1.165, 1.54) is 19.1 Å². The molecule has 3 aliphatic rings. The van der Waals surface area contributed by atoms with Crippen LogP contribution in [0.4, 0.5) is 14.6 Å². The molecule has 0 radical (unpaired) electrons. The summed E-state index contributed by atoms with van der Waals surface area (Å²) in [6.07, 6.45) is 4.06. The van der Waals surface area contributed by atoms with Gasteiger partial charge in [-0.1, -0.05) is 24.3 Å². The number of hydrogen-bond acceptors (Lipinski definition) is 5. The summed E-state index contributed by atoms with van der Waals surface area (Å²) in [5.74, 6) is -2.21. The second kappa shape index (κ2) is 7.26. The number of nitrogen functional groups attached to an aromatic ring is 1. The lowest BCUT2D eigenvalue weighted by Gasteiger charge is -2.36. The van der Waals surface area contributed by atoms with Crippen molar-refractivity contribution >= 4 is 11.8 Å². The van der Waals surface area contributed by atoms with Crippen molar-refractivity contribution in [1.29, 1.82) is 0 Å². The Morgan fingerprint density at radius 2 is 1.90 bits per heavy atom. The molecule has 3 fully saturated rings. The second-order valence-electron chi connectivity index (χ2n) is 9.30. The van der Waals surface area contributed by atoms with E-state index in [1.54, 1.807) is 12.3 Å². The summed E-state index contributed by atoms with van der Waals surface area (Å²) >= 11 is 0. The van der Waals surface area contributed by atoms with Gasteiger partial charge in [-0.15, -0.1) is 0 Å². The average Bonchev–Trinajstić information content (AvgIpc) is 3.34. The van der Waals surface area contributed by atoms with Crippen molar-refractivity contribution in [3.8, 4) is 11.1 Å². The molecule has 2 atom stereocenters. The van der Waals surface area contributed by atoms with Gasteiger partial charge in [0, 0.05) is 49.1 Å². The number of nitrogens with two attached hydrogens (primary N) is 1. The molecule has 5 nitrogen and oxygen atoms in total. The fraction of sp³-hybridized carbons (Fsp3) is 0.500. The Kier molecular flexibility index (Phi) is 4.77. The third-order valence-corrected chi connectivity index (χ3v) is 7.49. The van der Waals surface area contributed by atoms with Gasteiger partial charge in [0.15, 0.2) is 0 Å². The molecule has 2 heterocycles. The number of rotatable bonds is 4. The normalized spacial score (nSPS) is 27.6. The summed E-state index contributed by atoms with van der Waals surface area (Å²) in [5.41, 5.74) is 9.30. The SMILES string of the molecule is COC(=O)c1cc(-c2ccc([C@]34C[C@H]3CN(C3CCC(F)(F)CC3)C4)cc2)cnc1N. The van der Waals surface area contributed by atoms with E-state index in [1.807, 2.05) is 0 Å². The lowest BCUT2D eigenvalue weighted by Crippen LogP contribution is -2.41. The number of carbonyl (C=O) groups excluding carboxylic acids is 1. The smallest absolute Gasteiger partial charge is 0.341 e. The van der Waals surface area contributed by atoms with Crippen LogP contribution in [0.3, 0.4) is 0 Å². The van der Waals surface area contributed by atoms with E-state index in [4.69, 9.17) is 10.5 Å². The summed E-state index contributed by atoms with van der Waals surface area (Å²) in [6.45, 7) is 1.98. The average molecular weight is 427 g/mol. The Morgan fingerprint density at radius 1 is 1.19 bits per heavy atom. The molecule has 1 aromatic heterocycles. The number of carbonyl (C=O) groups is 1. The van der Waals surface area contributed by atoms with Crippen molar-refractivity contribution in [2.75, 3.05) is 25.9 Å².